The monoisotopic (exact) mass is 392 g/mol. The predicted octanol–water partition coefficient (Wildman–Crippen LogP) is 2.99. The van der Waals surface area contributed by atoms with Crippen molar-refractivity contribution in [2.24, 2.45) is 5.73 Å². The summed E-state index contributed by atoms with van der Waals surface area (Å²) >= 11 is 0. The third-order valence-electron chi connectivity index (χ3n) is 5.30. The third kappa shape index (κ3) is 3.06. The van der Waals surface area contributed by atoms with Crippen molar-refractivity contribution in [3.8, 4) is 17.2 Å². The predicted molar refractivity (Wildman–Crippen MR) is 114 cm³/mol. The molecule has 0 radical (unpaired) electrons. The van der Waals surface area contributed by atoms with Gasteiger partial charge < -0.3 is 19.9 Å². The van der Waals surface area contributed by atoms with Crippen LogP contribution in [0.25, 0.3) is 23.7 Å². The van der Waals surface area contributed by atoms with Crippen molar-refractivity contribution >= 4 is 23.7 Å². The number of nitrogens with zero attached hydrogens (tertiary/aromatic N) is 2. The van der Waals surface area contributed by atoms with E-state index < -0.39 is 0 Å². The van der Waals surface area contributed by atoms with E-state index in [1.807, 2.05) is 18.2 Å². The molecule has 6 nitrogen and oxygen atoms in total. The van der Waals surface area contributed by atoms with Crippen LogP contribution in [0.5, 0.6) is 17.2 Å². The van der Waals surface area contributed by atoms with E-state index in [0.717, 1.165) is 17.7 Å². The van der Waals surface area contributed by atoms with E-state index in [9.17, 15) is 0 Å². The molecule has 0 spiro atoms. The summed E-state index contributed by atoms with van der Waals surface area (Å²) in [6.45, 7) is 2.76. The van der Waals surface area contributed by atoms with E-state index in [1.165, 1.54) is 22.3 Å². The number of hydrogen-bond donors (Lipinski definition) is 1. The smallest absolute Gasteiger partial charge is 0.242 e. The van der Waals surface area contributed by atoms with Gasteiger partial charge in [-0.05, 0) is 43.7 Å². The highest BCUT2D eigenvalue weighted by Gasteiger charge is 2.26. The van der Waals surface area contributed by atoms with Crippen LogP contribution in [0.4, 0.5) is 0 Å². The quantitative estimate of drug-likeness (QED) is 0.628. The number of rotatable bonds is 7. The van der Waals surface area contributed by atoms with Crippen LogP contribution in [0.2, 0.25) is 0 Å². The van der Waals surface area contributed by atoms with Crippen molar-refractivity contribution in [2.45, 2.75) is 13.3 Å². The van der Waals surface area contributed by atoms with Crippen molar-refractivity contribution in [1.29, 1.82) is 0 Å². The summed E-state index contributed by atoms with van der Waals surface area (Å²) in [5.74, 6) is 2.08. The molecule has 29 heavy (non-hydrogen) atoms. The first-order valence-corrected chi connectivity index (χ1v) is 9.58. The summed E-state index contributed by atoms with van der Waals surface area (Å²) < 4.78 is 20.9. The minimum Gasteiger partial charge on any atom is -0.496 e. The molecule has 0 fully saturated rings. The van der Waals surface area contributed by atoms with Crippen molar-refractivity contribution in [3.63, 3.8) is 0 Å². The summed E-state index contributed by atoms with van der Waals surface area (Å²) in [4.78, 5) is 0. The molecule has 0 amide bonds. The number of allylic oxidation sites excluding steroid dienone is 1. The molecular formula is C23H26N3O3+. The van der Waals surface area contributed by atoms with E-state index in [0.29, 0.717) is 23.8 Å². The van der Waals surface area contributed by atoms with E-state index in [2.05, 4.69) is 46.3 Å². The van der Waals surface area contributed by atoms with Gasteiger partial charge in [-0.1, -0.05) is 4.36 Å². The average molecular weight is 392 g/mol. The van der Waals surface area contributed by atoms with Crippen molar-refractivity contribution in [2.75, 3.05) is 27.9 Å². The van der Waals surface area contributed by atoms with Crippen molar-refractivity contribution in [1.82, 2.24) is 4.52 Å². The zero-order valence-corrected chi connectivity index (χ0v) is 17.2. The highest BCUT2D eigenvalue weighted by molar-refractivity contribution is 5.79. The van der Waals surface area contributed by atoms with Gasteiger partial charge in [-0.3, -0.25) is 0 Å². The molecule has 3 heterocycles. The normalized spacial score (nSPS) is 12.6. The second-order valence-electron chi connectivity index (χ2n) is 6.95. The summed E-state index contributed by atoms with van der Waals surface area (Å²) in [6.07, 6.45) is 11.2. The van der Waals surface area contributed by atoms with Gasteiger partial charge >= 0.3 is 0 Å². The molecule has 1 aliphatic heterocycles. The fourth-order valence-electron chi connectivity index (χ4n) is 4.03. The molecule has 2 N–H and O–H groups in total. The van der Waals surface area contributed by atoms with Gasteiger partial charge in [0.1, 0.15) is 28.5 Å². The topological polar surface area (TPSA) is 64.0 Å². The van der Waals surface area contributed by atoms with E-state index in [1.54, 1.807) is 21.3 Å². The van der Waals surface area contributed by atoms with Crippen LogP contribution in [-0.4, -0.2) is 32.4 Å². The summed E-state index contributed by atoms with van der Waals surface area (Å²) in [7, 11) is 4.91. The van der Waals surface area contributed by atoms with Gasteiger partial charge in [0.2, 0.25) is 11.9 Å². The SMILES string of the molecule is COc1cc(OC)c(C=Cc2cc(C)c3c(CCN)c4[n+](n23)=CC=C4)c(OC)c1. The Morgan fingerprint density at radius 2 is 1.76 bits per heavy atom. The van der Waals surface area contributed by atoms with Gasteiger partial charge in [-0.2, -0.15) is 0 Å². The number of methoxy groups -OCH3 is 3. The van der Waals surface area contributed by atoms with Gasteiger partial charge in [0.05, 0.1) is 32.5 Å². The highest BCUT2D eigenvalue weighted by atomic mass is 16.5. The zero-order valence-electron chi connectivity index (χ0n) is 17.2. The van der Waals surface area contributed by atoms with Gasteiger partial charge in [-0.25, -0.2) is 0 Å². The number of aryl methyl sites for hydroxylation is 1. The molecular weight excluding hydrogens is 366 g/mol. The van der Waals surface area contributed by atoms with Gasteiger partial charge in [0.15, 0.2) is 0 Å². The Morgan fingerprint density at radius 1 is 1.03 bits per heavy atom. The van der Waals surface area contributed by atoms with E-state index >= 15 is 0 Å². The molecule has 6 heteroatoms. The minimum absolute atomic E-state index is 0.622. The molecule has 0 bridgehead atoms. The third-order valence-corrected chi connectivity index (χ3v) is 5.30. The van der Waals surface area contributed by atoms with Crippen LogP contribution in [0.1, 0.15) is 28.1 Å². The Kier molecular flexibility index (Phi) is 5.03. The molecule has 0 atom stereocenters. The second-order valence-corrected chi connectivity index (χ2v) is 6.95. The zero-order chi connectivity index (χ0) is 20.5. The molecule has 1 aromatic carbocycles. The first kappa shape index (κ1) is 19.1. The van der Waals surface area contributed by atoms with Crippen LogP contribution in [-0.2, 0) is 6.42 Å². The van der Waals surface area contributed by atoms with Crippen LogP contribution >= 0.6 is 0 Å². The average Bonchev–Trinajstić information content (AvgIpc) is 3.40. The van der Waals surface area contributed by atoms with Crippen LogP contribution in [0.3, 0.4) is 0 Å². The molecule has 2 aromatic heterocycles. The number of aromatic nitrogens is 2. The van der Waals surface area contributed by atoms with Crippen LogP contribution in [0.15, 0.2) is 24.3 Å². The van der Waals surface area contributed by atoms with Crippen molar-refractivity contribution in [3.05, 3.63) is 58.6 Å². The fraction of sp³-hybridized carbons (Fsp3) is 0.261. The first-order chi connectivity index (χ1) is 14.1. The van der Waals surface area contributed by atoms with Gasteiger partial charge in [0, 0.05) is 24.3 Å². The molecule has 0 aliphatic carbocycles. The lowest BCUT2D eigenvalue weighted by atomic mass is 10.1. The number of fused-ring (bicyclic) bond motifs is 3. The Hall–Kier alpha value is -3.25. The van der Waals surface area contributed by atoms with Crippen LogP contribution < -0.4 is 24.3 Å². The van der Waals surface area contributed by atoms with Gasteiger partial charge in [0.25, 0.3) is 0 Å². The summed E-state index contributed by atoms with van der Waals surface area (Å²) in [5, 5.41) is 0. The minimum atomic E-state index is 0.622. The van der Waals surface area contributed by atoms with E-state index in [4.69, 9.17) is 19.9 Å². The lowest BCUT2D eigenvalue weighted by Gasteiger charge is -2.12. The fourth-order valence-corrected chi connectivity index (χ4v) is 4.03. The molecule has 0 saturated heterocycles. The maximum absolute atomic E-state index is 5.88. The number of nitrogens with two attached hydrogens (primary N) is 1. The molecule has 150 valence electrons. The molecule has 4 rings (SSSR count). The Morgan fingerprint density at radius 3 is 2.38 bits per heavy atom. The molecule has 3 aromatic rings. The lowest BCUT2D eigenvalue weighted by Crippen LogP contribution is -2.24. The van der Waals surface area contributed by atoms with Crippen molar-refractivity contribution < 1.29 is 18.6 Å². The first-order valence-electron chi connectivity index (χ1n) is 9.58. The maximum atomic E-state index is 5.88. The molecule has 1 aliphatic rings. The maximum Gasteiger partial charge on any atom is 0.242 e. The van der Waals surface area contributed by atoms with E-state index in [-0.39, 0.29) is 0 Å². The molecule has 0 unspecified atom stereocenters. The number of ether oxygens (including phenoxy) is 3. The summed E-state index contributed by atoms with van der Waals surface area (Å²) in [6, 6.07) is 5.90. The Balaban J connectivity index is 1.87. The Labute approximate surface area is 170 Å². The van der Waals surface area contributed by atoms with Crippen LogP contribution in [0, 0.1) is 13.1 Å². The van der Waals surface area contributed by atoms with Gasteiger partial charge in [-0.15, -0.1) is 4.52 Å². The lowest BCUT2D eigenvalue weighted by molar-refractivity contribution is -0.583. The second kappa shape index (κ2) is 7.64. The highest BCUT2D eigenvalue weighted by Crippen LogP contribution is 2.35. The number of benzene rings is 1. The summed E-state index contributed by atoms with van der Waals surface area (Å²) in [5.41, 5.74) is 12.7. The Bertz CT molecular complexity index is 1160. The largest absolute Gasteiger partial charge is 0.496 e. The standard InChI is InChI=1S/C23H26N3O3/c1-15-12-16(26-23(15)18(9-10-24)20-6-5-11-25(20)26)7-8-19-21(28-3)13-17(27-2)14-22(19)29-4/h5-8,11-14H,9-10,24H2,1-4H3/q+1. The molecule has 0 saturated carbocycles. The number of hydrogen-bond acceptors (Lipinski definition) is 4.